The average Bonchev–Trinajstić information content (AvgIpc) is 2.93. The fourth-order valence-corrected chi connectivity index (χ4v) is 3.26. The van der Waals surface area contributed by atoms with Crippen LogP contribution in [0.15, 0.2) is 65.1 Å². The molecule has 0 aliphatic carbocycles. The first-order chi connectivity index (χ1) is 11.1. The van der Waals surface area contributed by atoms with Crippen molar-refractivity contribution in [3.05, 3.63) is 71.8 Å². The van der Waals surface area contributed by atoms with E-state index in [1.165, 1.54) is 5.56 Å². The second-order valence-corrected chi connectivity index (χ2v) is 6.17. The maximum Gasteiger partial charge on any atom is 0.143 e. The quantitative estimate of drug-likeness (QED) is 0.525. The third-order valence-corrected chi connectivity index (χ3v) is 4.35. The molecule has 4 rings (SSSR count). The highest BCUT2D eigenvalue weighted by Gasteiger charge is 2.16. The molecular formula is C21H19NO. The van der Waals surface area contributed by atoms with Crippen molar-refractivity contribution < 1.29 is 4.42 Å². The van der Waals surface area contributed by atoms with Gasteiger partial charge < -0.3 is 10.2 Å². The number of aryl methyl sites for hydroxylation is 1. The van der Waals surface area contributed by atoms with Gasteiger partial charge in [0.2, 0.25) is 0 Å². The Hall–Kier alpha value is -2.58. The minimum atomic E-state index is -0.0573. The average molecular weight is 301 g/mol. The Balaban J connectivity index is 2.12. The van der Waals surface area contributed by atoms with Crippen molar-refractivity contribution in [3.8, 4) is 11.1 Å². The van der Waals surface area contributed by atoms with E-state index in [1.54, 1.807) is 0 Å². The Morgan fingerprint density at radius 2 is 1.65 bits per heavy atom. The van der Waals surface area contributed by atoms with Gasteiger partial charge in [-0.25, -0.2) is 0 Å². The van der Waals surface area contributed by atoms with Crippen LogP contribution in [0.1, 0.15) is 24.1 Å². The smallest absolute Gasteiger partial charge is 0.143 e. The van der Waals surface area contributed by atoms with E-state index in [2.05, 4.69) is 49.4 Å². The van der Waals surface area contributed by atoms with Crippen molar-refractivity contribution in [2.75, 3.05) is 0 Å². The summed E-state index contributed by atoms with van der Waals surface area (Å²) in [6, 6.07) is 20.9. The van der Waals surface area contributed by atoms with E-state index in [9.17, 15) is 0 Å². The van der Waals surface area contributed by atoms with Crippen molar-refractivity contribution in [1.29, 1.82) is 0 Å². The van der Waals surface area contributed by atoms with Gasteiger partial charge in [0.05, 0.1) is 0 Å². The molecule has 0 aliphatic heterocycles. The van der Waals surface area contributed by atoms with Crippen molar-refractivity contribution in [3.63, 3.8) is 0 Å². The maximum absolute atomic E-state index is 6.31. The number of benzene rings is 3. The lowest BCUT2D eigenvalue weighted by molar-refractivity contribution is 0.655. The lowest BCUT2D eigenvalue weighted by Crippen LogP contribution is -2.05. The van der Waals surface area contributed by atoms with Gasteiger partial charge in [0.1, 0.15) is 11.2 Å². The predicted molar refractivity (Wildman–Crippen MR) is 96.5 cm³/mol. The molecule has 3 aromatic carbocycles. The van der Waals surface area contributed by atoms with Crippen LogP contribution >= 0.6 is 0 Å². The first kappa shape index (κ1) is 14.0. The normalized spacial score (nSPS) is 12.8. The van der Waals surface area contributed by atoms with E-state index in [0.717, 1.165) is 38.6 Å². The number of fused-ring (bicyclic) bond motifs is 3. The Bertz CT molecular complexity index is 997. The largest absolute Gasteiger partial charge is 0.455 e. The molecule has 0 spiro atoms. The summed E-state index contributed by atoms with van der Waals surface area (Å²) in [6.07, 6.45) is 0. The molecule has 0 saturated carbocycles. The van der Waals surface area contributed by atoms with E-state index in [0.29, 0.717) is 0 Å². The van der Waals surface area contributed by atoms with Gasteiger partial charge in [0.15, 0.2) is 0 Å². The van der Waals surface area contributed by atoms with Gasteiger partial charge in [0, 0.05) is 27.9 Å². The second-order valence-electron chi connectivity index (χ2n) is 6.17. The Morgan fingerprint density at radius 3 is 2.39 bits per heavy atom. The molecule has 0 saturated heterocycles. The summed E-state index contributed by atoms with van der Waals surface area (Å²) in [5.41, 5.74) is 12.6. The minimum absolute atomic E-state index is 0.0573. The Morgan fingerprint density at radius 1 is 0.870 bits per heavy atom. The standard InChI is InChI=1S/C21H19NO/c1-13-11-18(14(2)22)21-19(12-13)17-10-6-9-16(20(17)23-21)15-7-4-3-5-8-15/h3-12,14H,22H2,1-2H3/t14-/m1/s1. The number of rotatable bonds is 2. The topological polar surface area (TPSA) is 39.2 Å². The SMILES string of the molecule is Cc1cc([C@@H](C)N)c2oc3c(-c4ccccc4)cccc3c2c1. The lowest BCUT2D eigenvalue weighted by Gasteiger charge is -2.07. The van der Waals surface area contributed by atoms with E-state index >= 15 is 0 Å². The molecule has 0 aliphatic rings. The molecular weight excluding hydrogens is 282 g/mol. The number of hydrogen-bond acceptors (Lipinski definition) is 2. The van der Waals surface area contributed by atoms with Gasteiger partial charge in [-0.05, 0) is 31.0 Å². The van der Waals surface area contributed by atoms with Crippen molar-refractivity contribution in [2.24, 2.45) is 5.73 Å². The maximum atomic E-state index is 6.31. The van der Waals surface area contributed by atoms with Gasteiger partial charge >= 0.3 is 0 Å². The lowest BCUT2D eigenvalue weighted by atomic mass is 9.99. The summed E-state index contributed by atoms with van der Waals surface area (Å²) in [7, 11) is 0. The molecule has 0 radical (unpaired) electrons. The molecule has 114 valence electrons. The zero-order valence-electron chi connectivity index (χ0n) is 13.3. The zero-order chi connectivity index (χ0) is 16.0. The molecule has 1 atom stereocenters. The molecule has 23 heavy (non-hydrogen) atoms. The summed E-state index contributed by atoms with van der Waals surface area (Å²) in [6.45, 7) is 4.10. The Kier molecular flexibility index (Phi) is 3.21. The molecule has 0 fully saturated rings. The number of furan rings is 1. The minimum Gasteiger partial charge on any atom is -0.455 e. The molecule has 2 N–H and O–H groups in total. The highest BCUT2D eigenvalue weighted by molar-refractivity contribution is 6.10. The van der Waals surface area contributed by atoms with E-state index in [1.807, 2.05) is 25.1 Å². The number of para-hydroxylation sites is 1. The van der Waals surface area contributed by atoms with E-state index < -0.39 is 0 Å². The third-order valence-electron chi connectivity index (χ3n) is 4.35. The highest BCUT2D eigenvalue weighted by atomic mass is 16.3. The molecule has 1 heterocycles. The number of hydrogen-bond donors (Lipinski definition) is 1. The third kappa shape index (κ3) is 2.23. The summed E-state index contributed by atoms with van der Waals surface area (Å²) in [5, 5.41) is 2.29. The summed E-state index contributed by atoms with van der Waals surface area (Å²) in [4.78, 5) is 0. The van der Waals surface area contributed by atoms with Crippen LogP contribution in [0.2, 0.25) is 0 Å². The van der Waals surface area contributed by atoms with Gasteiger partial charge in [-0.2, -0.15) is 0 Å². The first-order valence-electron chi connectivity index (χ1n) is 7.92. The van der Waals surface area contributed by atoms with Gasteiger partial charge in [-0.15, -0.1) is 0 Å². The molecule has 2 nitrogen and oxygen atoms in total. The van der Waals surface area contributed by atoms with Crippen LogP contribution in [-0.2, 0) is 0 Å². The van der Waals surface area contributed by atoms with Gasteiger partial charge in [-0.3, -0.25) is 0 Å². The van der Waals surface area contributed by atoms with Crippen LogP contribution in [0.25, 0.3) is 33.1 Å². The van der Waals surface area contributed by atoms with Crippen molar-refractivity contribution >= 4 is 21.9 Å². The van der Waals surface area contributed by atoms with Gasteiger partial charge in [-0.1, -0.05) is 54.6 Å². The fourth-order valence-electron chi connectivity index (χ4n) is 3.26. The zero-order valence-corrected chi connectivity index (χ0v) is 13.3. The van der Waals surface area contributed by atoms with Crippen LogP contribution in [0.5, 0.6) is 0 Å². The summed E-state index contributed by atoms with van der Waals surface area (Å²) < 4.78 is 6.31. The molecule has 2 heteroatoms. The van der Waals surface area contributed by atoms with Crippen LogP contribution in [0.3, 0.4) is 0 Å². The molecule has 1 aromatic heterocycles. The second kappa shape index (κ2) is 5.25. The Labute approximate surface area is 135 Å². The summed E-state index contributed by atoms with van der Waals surface area (Å²) in [5.74, 6) is 0. The first-order valence-corrected chi connectivity index (χ1v) is 7.92. The van der Waals surface area contributed by atoms with E-state index in [-0.39, 0.29) is 6.04 Å². The van der Waals surface area contributed by atoms with E-state index in [4.69, 9.17) is 10.2 Å². The molecule has 0 amide bonds. The fraction of sp³-hybridized carbons (Fsp3) is 0.143. The number of nitrogens with two attached hydrogens (primary N) is 1. The van der Waals surface area contributed by atoms with Crippen molar-refractivity contribution in [2.45, 2.75) is 19.9 Å². The molecule has 0 bridgehead atoms. The van der Waals surface area contributed by atoms with Crippen LogP contribution in [0.4, 0.5) is 0 Å². The molecule has 0 unspecified atom stereocenters. The van der Waals surface area contributed by atoms with Crippen LogP contribution in [-0.4, -0.2) is 0 Å². The van der Waals surface area contributed by atoms with Gasteiger partial charge in [0.25, 0.3) is 0 Å². The predicted octanol–water partition coefficient (Wildman–Crippen LogP) is 5.58. The van der Waals surface area contributed by atoms with Crippen molar-refractivity contribution in [1.82, 2.24) is 0 Å². The van der Waals surface area contributed by atoms with Crippen LogP contribution in [0, 0.1) is 6.92 Å². The van der Waals surface area contributed by atoms with Crippen LogP contribution < -0.4 is 5.73 Å². The summed E-state index contributed by atoms with van der Waals surface area (Å²) >= 11 is 0. The highest BCUT2D eigenvalue weighted by Crippen LogP contribution is 2.38. The molecule has 4 aromatic rings. The monoisotopic (exact) mass is 301 g/mol.